The molecule has 24 heavy (non-hydrogen) atoms. The molecule has 0 saturated carbocycles. The van der Waals surface area contributed by atoms with E-state index in [0.717, 1.165) is 22.2 Å². The topological polar surface area (TPSA) is 72.8 Å². The minimum Gasteiger partial charge on any atom is -0.491 e. The number of hydrogen-bond acceptors (Lipinski definition) is 4. The summed E-state index contributed by atoms with van der Waals surface area (Å²) in [6, 6.07) is 9.55. The number of ether oxygens (including phenoxy) is 1. The van der Waals surface area contributed by atoms with Crippen LogP contribution in [0.3, 0.4) is 0 Å². The van der Waals surface area contributed by atoms with Crippen LogP contribution in [0.25, 0.3) is 27.8 Å². The van der Waals surface area contributed by atoms with Gasteiger partial charge in [-0.2, -0.15) is 0 Å². The standard InChI is InChI=1S/C18H16N4O2/c1-3-24-15-6-7-19-17-16(15)22(18(23)21-17)13-4-5-14-12(9-13)8-11(2)10-20-14/h4-10H,3H2,1-2H3,(H,19,21,23). The van der Waals surface area contributed by atoms with Gasteiger partial charge in [-0.15, -0.1) is 0 Å². The van der Waals surface area contributed by atoms with Gasteiger partial charge in [-0.3, -0.25) is 14.5 Å². The van der Waals surface area contributed by atoms with Crippen LogP contribution in [0, 0.1) is 6.92 Å². The third-order valence-corrected chi connectivity index (χ3v) is 3.90. The molecule has 1 N–H and O–H groups in total. The molecule has 6 heteroatoms. The Morgan fingerprint density at radius 1 is 1.21 bits per heavy atom. The number of H-pyrrole nitrogens is 1. The zero-order valence-electron chi connectivity index (χ0n) is 13.4. The molecule has 0 amide bonds. The first kappa shape index (κ1) is 14.4. The number of nitrogens with one attached hydrogen (secondary N) is 1. The van der Waals surface area contributed by atoms with Crippen LogP contribution < -0.4 is 10.4 Å². The van der Waals surface area contributed by atoms with Gasteiger partial charge >= 0.3 is 5.69 Å². The first-order valence-electron chi connectivity index (χ1n) is 7.76. The molecule has 0 saturated heterocycles. The van der Waals surface area contributed by atoms with Crippen molar-refractivity contribution in [1.82, 2.24) is 19.5 Å². The van der Waals surface area contributed by atoms with Gasteiger partial charge in [-0.25, -0.2) is 9.78 Å². The number of benzene rings is 1. The average molecular weight is 320 g/mol. The minimum absolute atomic E-state index is 0.246. The molecule has 3 heterocycles. The summed E-state index contributed by atoms with van der Waals surface area (Å²) in [4.78, 5) is 23.9. The van der Waals surface area contributed by atoms with Gasteiger partial charge in [0.2, 0.25) is 0 Å². The molecule has 4 rings (SSSR count). The van der Waals surface area contributed by atoms with Gasteiger partial charge < -0.3 is 4.74 Å². The molecule has 4 aromatic rings. The van der Waals surface area contributed by atoms with E-state index in [-0.39, 0.29) is 5.69 Å². The highest BCUT2D eigenvalue weighted by atomic mass is 16.5. The lowest BCUT2D eigenvalue weighted by molar-refractivity contribution is 0.343. The second kappa shape index (κ2) is 5.49. The van der Waals surface area contributed by atoms with Crippen molar-refractivity contribution in [3.63, 3.8) is 0 Å². The maximum atomic E-state index is 12.5. The smallest absolute Gasteiger partial charge is 0.332 e. The third-order valence-electron chi connectivity index (χ3n) is 3.90. The largest absolute Gasteiger partial charge is 0.491 e. The molecule has 120 valence electrons. The summed E-state index contributed by atoms with van der Waals surface area (Å²) >= 11 is 0. The van der Waals surface area contributed by atoms with Crippen molar-refractivity contribution < 1.29 is 4.74 Å². The van der Waals surface area contributed by atoms with E-state index in [0.29, 0.717) is 23.5 Å². The van der Waals surface area contributed by atoms with Crippen LogP contribution in [0.15, 0.2) is 47.5 Å². The summed E-state index contributed by atoms with van der Waals surface area (Å²) in [7, 11) is 0. The normalized spacial score (nSPS) is 11.2. The molecule has 0 aliphatic rings. The Morgan fingerprint density at radius 2 is 2.08 bits per heavy atom. The van der Waals surface area contributed by atoms with Crippen molar-refractivity contribution in [3.05, 3.63) is 58.8 Å². The fourth-order valence-electron chi connectivity index (χ4n) is 2.89. The number of aromatic amines is 1. The molecule has 0 aliphatic carbocycles. The number of imidazole rings is 1. The van der Waals surface area contributed by atoms with E-state index in [1.54, 1.807) is 16.8 Å². The van der Waals surface area contributed by atoms with Gasteiger partial charge in [-0.1, -0.05) is 0 Å². The van der Waals surface area contributed by atoms with Crippen LogP contribution in [0.4, 0.5) is 0 Å². The quantitative estimate of drug-likeness (QED) is 0.630. The van der Waals surface area contributed by atoms with Crippen molar-refractivity contribution in [1.29, 1.82) is 0 Å². The van der Waals surface area contributed by atoms with E-state index in [1.165, 1.54) is 0 Å². The van der Waals surface area contributed by atoms with Crippen LogP contribution in [0.5, 0.6) is 5.75 Å². The monoisotopic (exact) mass is 320 g/mol. The lowest BCUT2D eigenvalue weighted by atomic mass is 10.1. The fourth-order valence-corrected chi connectivity index (χ4v) is 2.89. The number of hydrogen-bond donors (Lipinski definition) is 1. The summed E-state index contributed by atoms with van der Waals surface area (Å²) in [5.74, 6) is 0.628. The second-order valence-electron chi connectivity index (χ2n) is 5.59. The number of fused-ring (bicyclic) bond motifs is 2. The molecule has 0 aliphatic heterocycles. The summed E-state index contributed by atoms with van der Waals surface area (Å²) in [6.45, 7) is 4.42. The van der Waals surface area contributed by atoms with E-state index >= 15 is 0 Å². The van der Waals surface area contributed by atoms with Crippen molar-refractivity contribution in [3.8, 4) is 11.4 Å². The van der Waals surface area contributed by atoms with E-state index in [1.807, 2.05) is 44.3 Å². The van der Waals surface area contributed by atoms with Crippen LogP contribution >= 0.6 is 0 Å². The lowest BCUT2D eigenvalue weighted by Gasteiger charge is -2.09. The Kier molecular flexibility index (Phi) is 3.30. The van der Waals surface area contributed by atoms with Gasteiger partial charge in [0.1, 0.15) is 11.3 Å². The number of aromatic nitrogens is 4. The Hall–Kier alpha value is -3.15. The highest BCUT2D eigenvalue weighted by molar-refractivity contribution is 5.84. The van der Waals surface area contributed by atoms with E-state index < -0.39 is 0 Å². The summed E-state index contributed by atoms with van der Waals surface area (Å²) in [6.07, 6.45) is 3.46. The molecule has 0 spiro atoms. The maximum absolute atomic E-state index is 12.5. The zero-order chi connectivity index (χ0) is 16.7. The molecule has 1 aromatic carbocycles. The second-order valence-corrected chi connectivity index (χ2v) is 5.59. The zero-order valence-corrected chi connectivity index (χ0v) is 13.4. The fraction of sp³-hybridized carbons (Fsp3) is 0.167. The first-order chi connectivity index (χ1) is 11.7. The SMILES string of the molecule is CCOc1ccnc2[nH]c(=O)n(-c3ccc4ncc(C)cc4c3)c12. The average Bonchev–Trinajstić information content (AvgIpc) is 2.91. The Labute approximate surface area is 137 Å². The van der Waals surface area contributed by atoms with Crippen molar-refractivity contribution in [2.45, 2.75) is 13.8 Å². The van der Waals surface area contributed by atoms with E-state index in [9.17, 15) is 4.79 Å². The molecule has 0 atom stereocenters. The Morgan fingerprint density at radius 3 is 2.92 bits per heavy atom. The highest BCUT2D eigenvalue weighted by Crippen LogP contribution is 2.26. The molecular weight excluding hydrogens is 304 g/mol. The lowest BCUT2D eigenvalue weighted by Crippen LogP contribution is -2.15. The number of rotatable bonds is 3. The van der Waals surface area contributed by atoms with E-state index in [2.05, 4.69) is 15.0 Å². The van der Waals surface area contributed by atoms with Crippen LogP contribution in [0.1, 0.15) is 12.5 Å². The summed E-state index contributed by atoms with van der Waals surface area (Å²) < 4.78 is 7.26. The van der Waals surface area contributed by atoms with Gasteiger partial charge in [0.25, 0.3) is 0 Å². The van der Waals surface area contributed by atoms with Crippen LogP contribution in [-0.4, -0.2) is 26.1 Å². The van der Waals surface area contributed by atoms with Gasteiger partial charge in [0, 0.05) is 23.8 Å². The number of nitrogens with zero attached hydrogens (tertiary/aromatic N) is 3. The van der Waals surface area contributed by atoms with Crippen molar-refractivity contribution >= 4 is 22.1 Å². The highest BCUT2D eigenvalue weighted by Gasteiger charge is 2.15. The Bertz CT molecular complexity index is 1110. The van der Waals surface area contributed by atoms with Gasteiger partial charge in [0.15, 0.2) is 5.65 Å². The predicted octanol–water partition coefficient (Wildman–Crippen LogP) is 2.97. The molecule has 0 fully saturated rings. The molecule has 6 nitrogen and oxygen atoms in total. The molecule has 0 radical (unpaired) electrons. The number of pyridine rings is 2. The maximum Gasteiger partial charge on any atom is 0.332 e. The van der Waals surface area contributed by atoms with E-state index in [4.69, 9.17) is 4.74 Å². The van der Waals surface area contributed by atoms with Crippen LogP contribution in [0.2, 0.25) is 0 Å². The first-order valence-corrected chi connectivity index (χ1v) is 7.76. The van der Waals surface area contributed by atoms with Crippen molar-refractivity contribution in [2.75, 3.05) is 6.61 Å². The molecule has 0 bridgehead atoms. The third kappa shape index (κ3) is 2.23. The molecular formula is C18H16N4O2. The molecule has 0 unspecified atom stereocenters. The minimum atomic E-state index is -0.246. The van der Waals surface area contributed by atoms with Gasteiger partial charge in [-0.05, 0) is 43.7 Å². The summed E-state index contributed by atoms with van der Waals surface area (Å²) in [5.41, 5.74) is 3.62. The molecule has 3 aromatic heterocycles. The van der Waals surface area contributed by atoms with Gasteiger partial charge in [0.05, 0.1) is 17.8 Å². The summed E-state index contributed by atoms with van der Waals surface area (Å²) in [5, 5.41) is 0.982. The van der Waals surface area contributed by atoms with Crippen LogP contribution in [-0.2, 0) is 0 Å². The van der Waals surface area contributed by atoms with Crippen molar-refractivity contribution in [2.24, 2.45) is 0 Å². The number of aryl methyl sites for hydroxylation is 1. The Balaban J connectivity index is 2.02. The predicted molar refractivity (Wildman–Crippen MR) is 92.9 cm³/mol.